The van der Waals surface area contributed by atoms with E-state index in [1.807, 2.05) is 36.7 Å². The maximum atomic E-state index is 4.51. The van der Waals surface area contributed by atoms with Crippen LogP contribution in [0.15, 0.2) is 67.1 Å². The molecule has 0 radical (unpaired) electrons. The van der Waals surface area contributed by atoms with Gasteiger partial charge in [0.2, 0.25) is 0 Å². The molecule has 3 aromatic rings. The monoisotopic (exact) mass is 246 g/mol. The van der Waals surface area contributed by atoms with Crippen molar-refractivity contribution in [1.82, 2.24) is 9.97 Å². The van der Waals surface area contributed by atoms with Gasteiger partial charge < -0.3 is 0 Å². The summed E-state index contributed by atoms with van der Waals surface area (Å²) in [5.74, 6) is 0. The van der Waals surface area contributed by atoms with Crippen molar-refractivity contribution in [3.63, 3.8) is 0 Å². The van der Waals surface area contributed by atoms with Gasteiger partial charge >= 0.3 is 0 Å². The van der Waals surface area contributed by atoms with Gasteiger partial charge in [-0.1, -0.05) is 36.4 Å². The lowest BCUT2D eigenvalue weighted by atomic mass is 10.0. The van der Waals surface area contributed by atoms with Crippen LogP contribution in [-0.2, 0) is 0 Å². The third-order valence-corrected chi connectivity index (χ3v) is 3.15. The van der Waals surface area contributed by atoms with Gasteiger partial charge in [-0.05, 0) is 30.2 Å². The smallest absolute Gasteiger partial charge is 0.0708 e. The Morgan fingerprint density at radius 1 is 0.842 bits per heavy atom. The summed E-state index contributed by atoms with van der Waals surface area (Å²) in [5, 5.41) is 0. The van der Waals surface area contributed by atoms with Crippen LogP contribution in [0, 0.1) is 6.92 Å². The second-order valence-electron chi connectivity index (χ2n) is 4.49. The third-order valence-electron chi connectivity index (χ3n) is 3.15. The van der Waals surface area contributed by atoms with Crippen molar-refractivity contribution in [2.24, 2.45) is 0 Å². The Morgan fingerprint density at radius 2 is 1.63 bits per heavy atom. The summed E-state index contributed by atoms with van der Waals surface area (Å²) in [6.45, 7) is 2.07. The molecule has 2 aromatic heterocycles. The van der Waals surface area contributed by atoms with Gasteiger partial charge in [-0.3, -0.25) is 9.97 Å². The SMILES string of the molecule is Cc1cnc(-c2ccccc2)cc1-c1cccnc1. The van der Waals surface area contributed by atoms with Gasteiger partial charge in [0.1, 0.15) is 0 Å². The van der Waals surface area contributed by atoms with E-state index in [1.54, 1.807) is 6.20 Å². The highest BCUT2D eigenvalue weighted by Crippen LogP contribution is 2.26. The van der Waals surface area contributed by atoms with E-state index < -0.39 is 0 Å². The zero-order valence-electron chi connectivity index (χ0n) is 10.7. The Hall–Kier alpha value is -2.48. The zero-order valence-corrected chi connectivity index (χ0v) is 10.7. The molecule has 0 aliphatic heterocycles. The largest absolute Gasteiger partial charge is 0.264 e. The Labute approximate surface area is 112 Å². The molecule has 2 heterocycles. The molecule has 0 bridgehead atoms. The summed E-state index contributed by atoms with van der Waals surface area (Å²) in [5.41, 5.74) is 5.59. The molecule has 3 rings (SSSR count). The van der Waals surface area contributed by atoms with E-state index >= 15 is 0 Å². The third kappa shape index (κ3) is 2.38. The highest BCUT2D eigenvalue weighted by Gasteiger charge is 2.05. The van der Waals surface area contributed by atoms with Gasteiger partial charge in [0.05, 0.1) is 5.69 Å². The first-order valence-electron chi connectivity index (χ1n) is 6.27. The summed E-state index contributed by atoms with van der Waals surface area (Å²) < 4.78 is 0. The minimum absolute atomic E-state index is 0.991. The van der Waals surface area contributed by atoms with Crippen LogP contribution < -0.4 is 0 Å². The minimum Gasteiger partial charge on any atom is -0.264 e. The molecule has 2 nitrogen and oxygen atoms in total. The maximum absolute atomic E-state index is 4.51. The van der Waals surface area contributed by atoms with Gasteiger partial charge in [0, 0.05) is 29.7 Å². The van der Waals surface area contributed by atoms with Crippen LogP contribution in [0.1, 0.15) is 5.56 Å². The Balaban J connectivity index is 2.12. The van der Waals surface area contributed by atoms with Crippen molar-refractivity contribution >= 4 is 0 Å². The second kappa shape index (κ2) is 5.02. The highest BCUT2D eigenvalue weighted by atomic mass is 14.7. The van der Waals surface area contributed by atoms with Crippen LogP contribution in [-0.4, -0.2) is 9.97 Å². The number of pyridine rings is 2. The van der Waals surface area contributed by atoms with Crippen LogP contribution in [0.5, 0.6) is 0 Å². The van der Waals surface area contributed by atoms with E-state index in [4.69, 9.17) is 0 Å². The molecule has 0 saturated carbocycles. The molecule has 0 spiro atoms. The van der Waals surface area contributed by atoms with Gasteiger partial charge in [0.25, 0.3) is 0 Å². The van der Waals surface area contributed by atoms with Crippen molar-refractivity contribution in [2.45, 2.75) is 6.92 Å². The fourth-order valence-corrected chi connectivity index (χ4v) is 2.12. The summed E-state index contributed by atoms with van der Waals surface area (Å²) in [4.78, 5) is 8.70. The van der Waals surface area contributed by atoms with Gasteiger partial charge in [-0.2, -0.15) is 0 Å². The van der Waals surface area contributed by atoms with Crippen LogP contribution in [0.4, 0.5) is 0 Å². The van der Waals surface area contributed by atoms with Crippen LogP contribution in [0.2, 0.25) is 0 Å². The lowest BCUT2D eigenvalue weighted by molar-refractivity contribution is 1.26. The molecule has 0 aliphatic carbocycles. The molecule has 0 aliphatic rings. The molecule has 2 heteroatoms. The number of hydrogen-bond donors (Lipinski definition) is 0. The van der Waals surface area contributed by atoms with E-state index in [2.05, 4.69) is 41.2 Å². The molecule has 0 atom stereocenters. The van der Waals surface area contributed by atoms with Crippen LogP contribution >= 0.6 is 0 Å². The number of benzene rings is 1. The summed E-state index contributed by atoms with van der Waals surface area (Å²) in [6, 6.07) is 16.4. The van der Waals surface area contributed by atoms with Crippen LogP contribution in [0.25, 0.3) is 22.4 Å². The predicted molar refractivity (Wildman–Crippen MR) is 77.6 cm³/mol. The first kappa shape index (κ1) is 11.6. The number of hydrogen-bond acceptors (Lipinski definition) is 2. The fraction of sp³-hybridized carbons (Fsp3) is 0.0588. The van der Waals surface area contributed by atoms with E-state index in [-0.39, 0.29) is 0 Å². The number of rotatable bonds is 2. The molecule has 1 aromatic carbocycles. The van der Waals surface area contributed by atoms with Crippen molar-refractivity contribution in [3.8, 4) is 22.4 Å². The number of aryl methyl sites for hydroxylation is 1. The lowest BCUT2D eigenvalue weighted by Gasteiger charge is -2.08. The summed E-state index contributed by atoms with van der Waals surface area (Å²) in [6.07, 6.45) is 5.60. The topological polar surface area (TPSA) is 25.8 Å². The van der Waals surface area contributed by atoms with Gasteiger partial charge in [-0.15, -0.1) is 0 Å². The molecular formula is C17H14N2. The van der Waals surface area contributed by atoms with Gasteiger partial charge in [0.15, 0.2) is 0 Å². The Bertz CT molecular complexity index is 676. The molecular weight excluding hydrogens is 232 g/mol. The summed E-state index contributed by atoms with van der Waals surface area (Å²) in [7, 11) is 0. The zero-order chi connectivity index (χ0) is 13.1. The molecule has 0 saturated heterocycles. The first-order chi connectivity index (χ1) is 9.34. The van der Waals surface area contributed by atoms with Crippen molar-refractivity contribution in [1.29, 1.82) is 0 Å². The average Bonchev–Trinajstić information content (AvgIpc) is 2.49. The first-order valence-corrected chi connectivity index (χ1v) is 6.27. The van der Waals surface area contributed by atoms with Crippen molar-refractivity contribution in [2.75, 3.05) is 0 Å². The van der Waals surface area contributed by atoms with E-state index in [0.717, 1.165) is 22.4 Å². The molecule has 92 valence electrons. The Kier molecular flexibility index (Phi) is 3.07. The van der Waals surface area contributed by atoms with Crippen molar-refractivity contribution < 1.29 is 0 Å². The highest BCUT2D eigenvalue weighted by molar-refractivity contribution is 5.72. The lowest BCUT2D eigenvalue weighted by Crippen LogP contribution is -1.89. The fourth-order valence-electron chi connectivity index (χ4n) is 2.12. The van der Waals surface area contributed by atoms with E-state index in [0.29, 0.717) is 0 Å². The molecule has 0 unspecified atom stereocenters. The normalized spacial score (nSPS) is 10.4. The van der Waals surface area contributed by atoms with E-state index in [9.17, 15) is 0 Å². The molecule has 19 heavy (non-hydrogen) atoms. The average molecular weight is 246 g/mol. The second-order valence-corrected chi connectivity index (χ2v) is 4.49. The molecule has 0 fully saturated rings. The van der Waals surface area contributed by atoms with Gasteiger partial charge in [-0.25, -0.2) is 0 Å². The molecule has 0 N–H and O–H groups in total. The minimum atomic E-state index is 0.991. The number of nitrogens with zero attached hydrogens (tertiary/aromatic N) is 2. The quantitative estimate of drug-likeness (QED) is 0.679. The van der Waals surface area contributed by atoms with Crippen molar-refractivity contribution in [3.05, 3.63) is 72.7 Å². The predicted octanol–water partition coefficient (Wildman–Crippen LogP) is 4.12. The standard InChI is InChI=1S/C17H14N2/c1-13-11-19-17(14-6-3-2-4-7-14)10-16(13)15-8-5-9-18-12-15/h2-12H,1H3. The Morgan fingerprint density at radius 3 is 2.37 bits per heavy atom. The summed E-state index contributed by atoms with van der Waals surface area (Å²) >= 11 is 0. The number of aromatic nitrogens is 2. The van der Waals surface area contributed by atoms with Crippen LogP contribution in [0.3, 0.4) is 0 Å². The van der Waals surface area contributed by atoms with E-state index in [1.165, 1.54) is 5.56 Å². The molecule has 0 amide bonds. The maximum Gasteiger partial charge on any atom is 0.0708 e.